The molecule has 1 unspecified atom stereocenters. The Kier molecular flexibility index (Phi) is 7.63. The first-order valence-corrected chi connectivity index (χ1v) is 10.8. The van der Waals surface area contributed by atoms with Crippen molar-refractivity contribution in [2.24, 2.45) is 4.99 Å². The van der Waals surface area contributed by atoms with Gasteiger partial charge in [-0.2, -0.15) is 13.2 Å². The van der Waals surface area contributed by atoms with E-state index >= 15 is 0 Å². The van der Waals surface area contributed by atoms with Gasteiger partial charge >= 0.3 is 6.18 Å². The molecule has 2 saturated heterocycles. The second-order valence-electron chi connectivity index (χ2n) is 8.20. The fraction of sp³-hybridized carbons (Fsp3) is 0.682. The van der Waals surface area contributed by atoms with Crippen molar-refractivity contribution in [3.63, 3.8) is 0 Å². The first kappa shape index (κ1) is 22.9. The van der Waals surface area contributed by atoms with E-state index in [1.807, 2.05) is 0 Å². The Morgan fingerprint density at radius 3 is 2.70 bits per heavy atom. The van der Waals surface area contributed by atoms with Crippen LogP contribution in [0.2, 0.25) is 0 Å². The Balaban J connectivity index is 1.69. The van der Waals surface area contributed by atoms with E-state index in [2.05, 4.69) is 27.4 Å². The van der Waals surface area contributed by atoms with Crippen LogP contribution in [0.4, 0.5) is 13.2 Å². The number of likely N-dealkylation sites (tertiary alicyclic amines) is 1. The van der Waals surface area contributed by atoms with Crippen LogP contribution in [0.1, 0.15) is 43.7 Å². The summed E-state index contributed by atoms with van der Waals surface area (Å²) < 4.78 is 45.3. The number of rotatable bonds is 6. The lowest BCUT2D eigenvalue weighted by Crippen LogP contribution is -2.50. The largest absolute Gasteiger partial charge is 0.416 e. The van der Waals surface area contributed by atoms with Crippen LogP contribution in [0.15, 0.2) is 29.3 Å². The number of benzene rings is 1. The third-order valence-corrected chi connectivity index (χ3v) is 6.48. The Labute approximate surface area is 177 Å². The Hall–Kier alpha value is -1.80. The van der Waals surface area contributed by atoms with Crippen molar-refractivity contribution < 1.29 is 17.9 Å². The van der Waals surface area contributed by atoms with Gasteiger partial charge in [-0.05, 0) is 50.4 Å². The van der Waals surface area contributed by atoms with E-state index in [9.17, 15) is 13.2 Å². The summed E-state index contributed by atoms with van der Waals surface area (Å²) in [6.07, 6.45) is -0.622. The standard InChI is InChI=1S/C22H33F3N4O/c1-3-29-11-5-8-19(29)15-27-20(26-2)28-16-21(9-12-30-13-10-21)17-6-4-7-18(14-17)22(23,24)25/h4,6-7,14,19H,3,5,8-13,15-16H2,1-2H3,(H2,26,27,28). The van der Waals surface area contributed by atoms with Crippen molar-refractivity contribution in [3.05, 3.63) is 35.4 Å². The molecule has 5 nitrogen and oxygen atoms in total. The van der Waals surface area contributed by atoms with Crippen molar-refractivity contribution in [1.82, 2.24) is 15.5 Å². The van der Waals surface area contributed by atoms with Crippen LogP contribution in [0.3, 0.4) is 0 Å². The molecule has 2 aliphatic heterocycles. The third kappa shape index (κ3) is 5.46. The molecule has 1 aromatic carbocycles. The molecular weight excluding hydrogens is 393 g/mol. The Morgan fingerprint density at radius 2 is 2.03 bits per heavy atom. The molecule has 2 N–H and O–H groups in total. The quantitative estimate of drug-likeness (QED) is 0.541. The number of halogens is 3. The minimum Gasteiger partial charge on any atom is -0.381 e. The van der Waals surface area contributed by atoms with Gasteiger partial charge in [-0.15, -0.1) is 0 Å². The number of ether oxygens (including phenoxy) is 1. The van der Waals surface area contributed by atoms with Crippen LogP contribution in [0.25, 0.3) is 0 Å². The molecule has 1 aromatic rings. The number of aliphatic imine (C=N–C) groups is 1. The molecule has 0 bridgehead atoms. The summed E-state index contributed by atoms with van der Waals surface area (Å²) in [6.45, 7) is 6.75. The summed E-state index contributed by atoms with van der Waals surface area (Å²) in [5.74, 6) is 0.691. The van der Waals surface area contributed by atoms with Crippen LogP contribution in [-0.4, -0.2) is 63.3 Å². The highest BCUT2D eigenvalue weighted by molar-refractivity contribution is 5.79. The van der Waals surface area contributed by atoms with E-state index in [-0.39, 0.29) is 0 Å². The van der Waals surface area contributed by atoms with E-state index in [0.29, 0.717) is 50.2 Å². The van der Waals surface area contributed by atoms with Crippen LogP contribution < -0.4 is 10.6 Å². The molecule has 1 atom stereocenters. The summed E-state index contributed by atoms with van der Waals surface area (Å²) in [4.78, 5) is 6.79. The molecular formula is C22H33F3N4O. The molecule has 3 rings (SSSR count). The molecule has 2 heterocycles. The van der Waals surface area contributed by atoms with Crippen LogP contribution in [0.5, 0.6) is 0 Å². The van der Waals surface area contributed by atoms with Crippen molar-refractivity contribution >= 4 is 5.96 Å². The van der Waals surface area contributed by atoms with Gasteiger partial charge in [0.05, 0.1) is 5.56 Å². The molecule has 168 valence electrons. The number of hydrogen-bond acceptors (Lipinski definition) is 3. The van der Waals surface area contributed by atoms with Crippen LogP contribution >= 0.6 is 0 Å². The van der Waals surface area contributed by atoms with Gasteiger partial charge in [0.1, 0.15) is 0 Å². The van der Waals surface area contributed by atoms with Crippen LogP contribution in [0, 0.1) is 0 Å². The SMILES string of the molecule is CCN1CCCC1CNC(=NC)NCC1(c2cccc(C(F)(F)F)c2)CCOCC1. The first-order chi connectivity index (χ1) is 14.4. The monoisotopic (exact) mass is 426 g/mol. The molecule has 8 heteroatoms. The number of hydrogen-bond donors (Lipinski definition) is 2. The first-order valence-electron chi connectivity index (χ1n) is 10.8. The van der Waals surface area contributed by atoms with Gasteiger partial charge in [-0.3, -0.25) is 9.89 Å². The predicted molar refractivity (Wildman–Crippen MR) is 113 cm³/mol. The maximum Gasteiger partial charge on any atom is 0.416 e. The lowest BCUT2D eigenvalue weighted by atomic mass is 9.73. The van der Waals surface area contributed by atoms with Crippen molar-refractivity contribution in [3.8, 4) is 0 Å². The molecule has 0 spiro atoms. The van der Waals surface area contributed by atoms with E-state index < -0.39 is 17.2 Å². The number of guanidine groups is 1. The summed E-state index contributed by atoms with van der Waals surface area (Å²) in [6, 6.07) is 6.22. The van der Waals surface area contributed by atoms with E-state index in [1.165, 1.54) is 25.0 Å². The van der Waals surface area contributed by atoms with E-state index in [0.717, 1.165) is 25.7 Å². The molecule has 0 saturated carbocycles. The van der Waals surface area contributed by atoms with Gasteiger partial charge in [0.15, 0.2) is 5.96 Å². The van der Waals surface area contributed by atoms with Gasteiger partial charge in [0, 0.05) is 44.8 Å². The zero-order chi connectivity index (χ0) is 21.6. The Bertz CT molecular complexity index is 717. The van der Waals surface area contributed by atoms with Gasteiger partial charge in [0.25, 0.3) is 0 Å². The van der Waals surface area contributed by atoms with Crippen LogP contribution in [-0.2, 0) is 16.3 Å². The third-order valence-electron chi connectivity index (χ3n) is 6.48. The maximum absolute atomic E-state index is 13.3. The summed E-state index contributed by atoms with van der Waals surface area (Å²) in [5.41, 5.74) is -0.314. The highest BCUT2D eigenvalue weighted by Crippen LogP contribution is 2.37. The molecule has 0 amide bonds. The summed E-state index contributed by atoms with van der Waals surface area (Å²) >= 11 is 0. The zero-order valence-electron chi connectivity index (χ0n) is 17.9. The van der Waals surface area contributed by atoms with Gasteiger partial charge in [0.2, 0.25) is 0 Å². The second-order valence-corrected chi connectivity index (χ2v) is 8.20. The van der Waals surface area contributed by atoms with Gasteiger partial charge < -0.3 is 15.4 Å². The topological polar surface area (TPSA) is 48.9 Å². The number of nitrogens with zero attached hydrogens (tertiary/aromatic N) is 2. The number of nitrogens with one attached hydrogen (secondary N) is 2. The molecule has 0 radical (unpaired) electrons. The van der Waals surface area contributed by atoms with Crippen molar-refractivity contribution in [1.29, 1.82) is 0 Å². The fourth-order valence-corrected chi connectivity index (χ4v) is 4.59. The number of likely N-dealkylation sites (N-methyl/N-ethyl adjacent to an activating group) is 1. The van der Waals surface area contributed by atoms with E-state index in [4.69, 9.17) is 4.74 Å². The normalized spacial score (nSPS) is 22.8. The molecule has 0 aliphatic carbocycles. The second kappa shape index (κ2) is 10.0. The number of alkyl halides is 3. The minimum atomic E-state index is -4.35. The molecule has 30 heavy (non-hydrogen) atoms. The Morgan fingerprint density at radius 1 is 1.27 bits per heavy atom. The van der Waals surface area contributed by atoms with Gasteiger partial charge in [-0.1, -0.05) is 25.1 Å². The average molecular weight is 427 g/mol. The molecule has 2 aliphatic rings. The lowest BCUT2D eigenvalue weighted by molar-refractivity contribution is -0.137. The van der Waals surface area contributed by atoms with Gasteiger partial charge in [-0.25, -0.2) is 0 Å². The highest BCUT2D eigenvalue weighted by atomic mass is 19.4. The molecule has 0 aromatic heterocycles. The maximum atomic E-state index is 13.3. The minimum absolute atomic E-state index is 0.417. The predicted octanol–water partition coefficient (Wildman–Crippen LogP) is 3.40. The smallest absolute Gasteiger partial charge is 0.381 e. The lowest BCUT2D eigenvalue weighted by Gasteiger charge is -2.38. The summed E-state index contributed by atoms with van der Waals surface area (Å²) in [7, 11) is 1.72. The average Bonchev–Trinajstić information content (AvgIpc) is 3.21. The van der Waals surface area contributed by atoms with Crippen molar-refractivity contribution in [2.45, 2.75) is 50.2 Å². The van der Waals surface area contributed by atoms with E-state index in [1.54, 1.807) is 13.1 Å². The zero-order valence-corrected chi connectivity index (χ0v) is 17.9. The fourth-order valence-electron chi connectivity index (χ4n) is 4.59. The van der Waals surface area contributed by atoms with Crippen molar-refractivity contribution in [2.75, 3.05) is 46.4 Å². The summed E-state index contributed by atoms with van der Waals surface area (Å²) in [5, 5.41) is 6.78. The molecule has 2 fully saturated rings. The highest BCUT2D eigenvalue weighted by Gasteiger charge is 2.37.